The molecule has 0 unspecified atom stereocenters. The highest BCUT2D eigenvalue weighted by Crippen LogP contribution is 2.58. The molecule has 96 valence electrons. The first kappa shape index (κ1) is 11.0. The van der Waals surface area contributed by atoms with Gasteiger partial charge in [0.25, 0.3) is 0 Å². The van der Waals surface area contributed by atoms with Crippen molar-refractivity contribution in [3.05, 3.63) is 30.1 Å². The highest BCUT2D eigenvalue weighted by molar-refractivity contribution is 5.10. The van der Waals surface area contributed by atoms with Gasteiger partial charge in [0.05, 0.1) is 0 Å². The molecule has 3 aliphatic carbocycles. The van der Waals surface area contributed by atoms with Crippen LogP contribution in [0.15, 0.2) is 24.5 Å². The molecule has 1 N–H and O–H groups in total. The molecular weight excluding hydrogens is 220 g/mol. The quantitative estimate of drug-likeness (QED) is 0.881. The zero-order valence-electron chi connectivity index (χ0n) is 10.9. The molecule has 0 amide bonds. The molecule has 3 aliphatic rings. The number of rotatable bonds is 3. The normalized spacial score (nSPS) is 41.2. The minimum Gasteiger partial charge on any atom is -0.310 e. The Morgan fingerprint density at radius 2 is 2.11 bits per heavy atom. The van der Waals surface area contributed by atoms with Gasteiger partial charge in [-0.3, -0.25) is 4.98 Å². The molecule has 0 radical (unpaired) electrons. The van der Waals surface area contributed by atoms with Crippen molar-refractivity contribution < 1.29 is 0 Å². The summed E-state index contributed by atoms with van der Waals surface area (Å²) in [6, 6.07) is 4.99. The highest BCUT2D eigenvalue weighted by Gasteiger charge is 2.53. The van der Waals surface area contributed by atoms with Crippen LogP contribution < -0.4 is 5.32 Å². The largest absolute Gasteiger partial charge is 0.310 e. The lowest BCUT2D eigenvalue weighted by atomic mass is 9.79. The molecule has 3 saturated carbocycles. The molecular formula is C16H22N2. The Morgan fingerprint density at radius 1 is 1.17 bits per heavy atom. The van der Waals surface area contributed by atoms with Gasteiger partial charge in [-0.2, -0.15) is 0 Å². The van der Waals surface area contributed by atoms with Crippen LogP contribution in [0.4, 0.5) is 0 Å². The van der Waals surface area contributed by atoms with E-state index in [0.29, 0.717) is 0 Å². The Morgan fingerprint density at radius 3 is 3.00 bits per heavy atom. The molecule has 2 bridgehead atoms. The van der Waals surface area contributed by atoms with Crippen LogP contribution in [0.25, 0.3) is 0 Å². The first-order valence-electron chi connectivity index (χ1n) is 7.54. The van der Waals surface area contributed by atoms with Gasteiger partial charge in [-0.15, -0.1) is 0 Å². The van der Waals surface area contributed by atoms with Crippen molar-refractivity contribution in [1.29, 1.82) is 0 Å². The second kappa shape index (κ2) is 4.34. The van der Waals surface area contributed by atoms with Gasteiger partial charge in [-0.1, -0.05) is 12.5 Å². The maximum absolute atomic E-state index is 4.19. The summed E-state index contributed by atoms with van der Waals surface area (Å²) in [5.41, 5.74) is 1.32. The van der Waals surface area contributed by atoms with Crippen molar-refractivity contribution in [2.45, 2.75) is 44.7 Å². The van der Waals surface area contributed by atoms with Crippen LogP contribution in [0.5, 0.6) is 0 Å². The molecule has 2 heteroatoms. The third kappa shape index (κ3) is 1.70. The Hall–Kier alpha value is -0.890. The Balaban J connectivity index is 1.40. The molecule has 2 nitrogen and oxygen atoms in total. The van der Waals surface area contributed by atoms with Gasteiger partial charge < -0.3 is 5.32 Å². The number of pyridine rings is 1. The lowest BCUT2D eigenvalue weighted by Crippen LogP contribution is -2.38. The van der Waals surface area contributed by atoms with Crippen LogP contribution in [0.3, 0.4) is 0 Å². The van der Waals surface area contributed by atoms with Crippen molar-refractivity contribution in [3.63, 3.8) is 0 Å². The van der Waals surface area contributed by atoms with E-state index in [4.69, 9.17) is 0 Å². The summed E-state index contributed by atoms with van der Waals surface area (Å²) in [6.45, 7) is 0.999. The van der Waals surface area contributed by atoms with Crippen LogP contribution in [0, 0.1) is 23.7 Å². The van der Waals surface area contributed by atoms with E-state index in [2.05, 4.69) is 16.4 Å². The van der Waals surface area contributed by atoms with Crippen LogP contribution in [-0.4, -0.2) is 11.0 Å². The number of fused-ring (bicyclic) bond motifs is 5. The van der Waals surface area contributed by atoms with E-state index in [1.807, 2.05) is 18.5 Å². The van der Waals surface area contributed by atoms with Gasteiger partial charge >= 0.3 is 0 Å². The molecule has 0 aliphatic heterocycles. The topological polar surface area (TPSA) is 24.9 Å². The zero-order chi connectivity index (χ0) is 11.9. The number of nitrogens with one attached hydrogen (secondary N) is 1. The van der Waals surface area contributed by atoms with E-state index in [1.165, 1.54) is 37.7 Å². The minimum atomic E-state index is 0.787. The summed E-state index contributed by atoms with van der Waals surface area (Å²) >= 11 is 0. The predicted molar refractivity (Wildman–Crippen MR) is 71.9 cm³/mol. The number of hydrogen-bond donors (Lipinski definition) is 1. The van der Waals surface area contributed by atoms with Gasteiger partial charge in [0.2, 0.25) is 0 Å². The summed E-state index contributed by atoms with van der Waals surface area (Å²) in [7, 11) is 0. The smallest absolute Gasteiger partial charge is 0.0312 e. The van der Waals surface area contributed by atoms with E-state index in [9.17, 15) is 0 Å². The predicted octanol–water partition coefficient (Wildman–Crippen LogP) is 3.00. The monoisotopic (exact) mass is 242 g/mol. The van der Waals surface area contributed by atoms with Crippen molar-refractivity contribution >= 4 is 0 Å². The third-order valence-electron chi connectivity index (χ3n) is 5.72. The van der Waals surface area contributed by atoms with E-state index in [1.54, 1.807) is 0 Å². The molecule has 4 rings (SSSR count). The van der Waals surface area contributed by atoms with Crippen LogP contribution in [-0.2, 0) is 6.54 Å². The third-order valence-corrected chi connectivity index (χ3v) is 5.72. The van der Waals surface area contributed by atoms with Gasteiger partial charge in [0.15, 0.2) is 0 Å². The van der Waals surface area contributed by atoms with Crippen molar-refractivity contribution in [2.24, 2.45) is 23.7 Å². The van der Waals surface area contributed by atoms with Gasteiger partial charge in [0.1, 0.15) is 0 Å². The average Bonchev–Trinajstić information content (AvgIpc) is 3.09. The Kier molecular flexibility index (Phi) is 2.65. The molecule has 1 aromatic heterocycles. The summed E-state index contributed by atoms with van der Waals surface area (Å²) in [6.07, 6.45) is 11.3. The maximum atomic E-state index is 4.19. The number of aromatic nitrogens is 1. The van der Waals surface area contributed by atoms with Crippen LogP contribution in [0.2, 0.25) is 0 Å². The summed E-state index contributed by atoms with van der Waals surface area (Å²) in [4.78, 5) is 4.19. The zero-order valence-corrected chi connectivity index (χ0v) is 10.9. The van der Waals surface area contributed by atoms with Crippen molar-refractivity contribution in [1.82, 2.24) is 10.3 Å². The maximum Gasteiger partial charge on any atom is 0.0312 e. The molecule has 0 aromatic carbocycles. The molecule has 0 spiro atoms. The van der Waals surface area contributed by atoms with Gasteiger partial charge in [-0.05, 0) is 61.0 Å². The molecule has 5 atom stereocenters. The number of nitrogens with zero attached hydrogens (tertiary/aromatic N) is 1. The van der Waals surface area contributed by atoms with Gasteiger partial charge in [0, 0.05) is 25.0 Å². The van der Waals surface area contributed by atoms with Crippen LogP contribution in [0.1, 0.15) is 37.7 Å². The molecule has 1 heterocycles. The summed E-state index contributed by atoms with van der Waals surface area (Å²) < 4.78 is 0. The second-order valence-electron chi connectivity index (χ2n) is 6.50. The molecule has 0 saturated heterocycles. The standard InChI is InChI=1S/C16H22N2/c1-4-13-12-7-15(14(13)5-1)16(8-12)18-10-11-3-2-6-17-9-11/h2-3,6,9,12-16,18H,1,4-5,7-8,10H2/t12-,13-,14-,15-,16-/m1/s1. The Bertz CT molecular complexity index is 416. The first-order valence-corrected chi connectivity index (χ1v) is 7.54. The van der Waals surface area contributed by atoms with E-state index in [0.717, 1.165) is 36.3 Å². The average molecular weight is 242 g/mol. The molecule has 18 heavy (non-hydrogen) atoms. The lowest BCUT2D eigenvalue weighted by Gasteiger charge is -2.32. The fourth-order valence-corrected chi connectivity index (χ4v) is 5.05. The van der Waals surface area contributed by atoms with E-state index >= 15 is 0 Å². The van der Waals surface area contributed by atoms with E-state index in [-0.39, 0.29) is 0 Å². The SMILES string of the molecule is c1cncc(CN[C@@H]2C[C@H]3C[C@@H]2[C@@H]2CCC[C@H]32)c1. The summed E-state index contributed by atoms with van der Waals surface area (Å²) in [5, 5.41) is 3.80. The second-order valence-corrected chi connectivity index (χ2v) is 6.50. The van der Waals surface area contributed by atoms with Crippen LogP contribution >= 0.6 is 0 Å². The minimum absolute atomic E-state index is 0.787. The van der Waals surface area contributed by atoms with Crippen molar-refractivity contribution in [3.8, 4) is 0 Å². The first-order chi connectivity index (χ1) is 8.92. The summed E-state index contributed by atoms with van der Waals surface area (Å²) in [5.74, 6) is 4.20. The number of hydrogen-bond acceptors (Lipinski definition) is 2. The fourth-order valence-electron chi connectivity index (χ4n) is 5.05. The van der Waals surface area contributed by atoms with Gasteiger partial charge in [-0.25, -0.2) is 0 Å². The van der Waals surface area contributed by atoms with E-state index < -0.39 is 0 Å². The van der Waals surface area contributed by atoms with Crippen molar-refractivity contribution in [2.75, 3.05) is 0 Å². The fraction of sp³-hybridized carbons (Fsp3) is 0.688. The molecule has 1 aromatic rings. The molecule has 3 fully saturated rings. The highest BCUT2D eigenvalue weighted by atomic mass is 14.9. The lowest BCUT2D eigenvalue weighted by molar-refractivity contribution is 0.208. The Labute approximate surface area is 109 Å².